The highest BCUT2D eigenvalue weighted by molar-refractivity contribution is 7.09. The highest BCUT2D eigenvalue weighted by Crippen LogP contribution is 2.13. The minimum Gasteiger partial charge on any atom is -0.338 e. The number of aryl methyl sites for hydroxylation is 2. The van der Waals surface area contributed by atoms with Gasteiger partial charge in [0.05, 0.1) is 15.9 Å². The van der Waals surface area contributed by atoms with E-state index >= 15 is 0 Å². The van der Waals surface area contributed by atoms with Crippen LogP contribution in [0.1, 0.15) is 10.4 Å². The van der Waals surface area contributed by atoms with Gasteiger partial charge in [-0.2, -0.15) is 0 Å². The molecular weight excluding hydrogens is 270 g/mol. The molecule has 20 heavy (non-hydrogen) atoms. The summed E-state index contributed by atoms with van der Waals surface area (Å²) in [6.45, 7) is 1.93. The standard InChI is InChI=1S/C15H17N3OS/c1-17-13-6-5-11(8-14(13)18(2)15(17)19)9-16-10-12-4-3-7-20-12/h3-8,16H,9-10H2,1-2H3/p+1. The number of aromatic nitrogens is 2. The first-order valence-electron chi connectivity index (χ1n) is 6.65. The van der Waals surface area contributed by atoms with Crippen molar-refractivity contribution in [3.8, 4) is 0 Å². The molecule has 0 aliphatic carbocycles. The Morgan fingerprint density at radius 3 is 2.65 bits per heavy atom. The number of fused-ring (bicyclic) bond motifs is 1. The van der Waals surface area contributed by atoms with Crippen molar-refractivity contribution in [1.82, 2.24) is 9.13 Å². The number of thiophene rings is 1. The Balaban J connectivity index is 1.79. The molecule has 2 heterocycles. The van der Waals surface area contributed by atoms with Gasteiger partial charge in [-0.1, -0.05) is 12.1 Å². The second-order valence-corrected chi connectivity index (χ2v) is 6.03. The second kappa shape index (κ2) is 5.26. The Bertz CT molecular complexity index is 783. The van der Waals surface area contributed by atoms with E-state index in [1.807, 2.05) is 20.2 Å². The first kappa shape index (κ1) is 13.1. The van der Waals surface area contributed by atoms with Crippen LogP contribution in [-0.2, 0) is 27.2 Å². The normalized spacial score (nSPS) is 11.3. The zero-order chi connectivity index (χ0) is 14.1. The molecule has 3 rings (SSSR count). The van der Waals surface area contributed by atoms with E-state index in [9.17, 15) is 4.79 Å². The van der Waals surface area contributed by atoms with Gasteiger partial charge in [-0.25, -0.2) is 4.79 Å². The lowest BCUT2D eigenvalue weighted by Crippen LogP contribution is -2.80. The highest BCUT2D eigenvalue weighted by atomic mass is 32.1. The Kier molecular flexibility index (Phi) is 3.46. The molecule has 0 saturated heterocycles. The van der Waals surface area contributed by atoms with Gasteiger partial charge in [0.25, 0.3) is 0 Å². The first-order chi connectivity index (χ1) is 9.66. The lowest BCUT2D eigenvalue weighted by atomic mass is 10.2. The number of imidazole rings is 1. The van der Waals surface area contributed by atoms with Gasteiger partial charge in [0.15, 0.2) is 0 Å². The fourth-order valence-electron chi connectivity index (χ4n) is 2.49. The van der Waals surface area contributed by atoms with E-state index in [4.69, 9.17) is 0 Å². The SMILES string of the molecule is Cn1c(=O)n(C)c2cc(C[NH2+]Cc3cccs3)ccc21. The van der Waals surface area contributed by atoms with E-state index in [0.29, 0.717) is 0 Å². The molecule has 104 valence electrons. The predicted octanol–water partition coefficient (Wildman–Crippen LogP) is 1.20. The van der Waals surface area contributed by atoms with Crippen molar-refractivity contribution < 1.29 is 5.32 Å². The Hall–Kier alpha value is -1.85. The van der Waals surface area contributed by atoms with Crippen LogP contribution in [-0.4, -0.2) is 9.13 Å². The molecule has 0 radical (unpaired) electrons. The van der Waals surface area contributed by atoms with Gasteiger partial charge in [0, 0.05) is 19.7 Å². The summed E-state index contributed by atoms with van der Waals surface area (Å²) in [6, 6.07) is 10.5. The van der Waals surface area contributed by atoms with Gasteiger partial charge in [0.1, 0.15) is 13.1 Å². The van der Waals surface area contributed by atoms with Crippen LogP contribution in [0, 0.1) is 0 Å². The number of quaternary nitrogens is 1. The van der Waals surface area contributed by atoms with Crippen molar-refractivity contribution in [1.29, 1.82) is 0 Å². The third-order valence-corrected chi connectivity index (χ3v) is 4.54. The van der Waals surface area contributed by atoms with Crippen molar-refractivity contribution in [2.45, 2.75) is 13.1 Å². The molecule has 0 aliphatic rings. The van der Waals surface area contributed by atoms with Gasteiger partial charge < -0.3 is 5.32 Å². The number of hydrogen-bond acceptors (Lipinski definition) is 2. The summed E-state index contributed by atoms with van der Waals surface area (Å²) in [5.74, 6) is 0. The minimum atomic E-state index is 0.0275. The molecule has 3 aromatic rings. The minimum absolute atomic E-state index is 0.0275. The van der Waals surface area contributed by atoms with Crippen molar-refractivity contribution in [3.05, 3.63) is 56.6 Å². The average molecular weight is 288 g/mol. The Labute approximate surface area is 121 Å². The summed E-state index contributed by atoms with van der Waals surface area (Å²) >= 11 is 1.79. The lowest BCUT2D eigenvalue weighted by molar-refractivity contribution is -0.685. The zero-order valence-electron chi connectivity index (χ0n) is 11.7. The third-order valence-electron chi connectivity index (χ3n) is 3.64. The number of rotatable bonds is 4. The van der Waals surface area contributed by atoms with Gasteiger partial charge in [0.2, 0.25) is 0 Å². The van der Waals surface area contributed by atoms with Crippen LogP contribution >= 0.6 is 11.3 Å². The molecular formula is C15H18N3OS+. The summed E-state index contributed by atoms with van der Waals surface area (Å²) in [5.41, 5.74) is 3.26. The molecule has 2 aromatic heterocycles. The zero-order valence-corrected chi connectivity index (χ0v) is 12.5. The molecule has 0 fully saturated rings. The highest BCUT2D eigenvalue weighted by Gasteiger charge is 2.08. The van der Waals surface area contributed by atoms with Crippen LogP contribution in [0.25, 0.3) is 11.0 Å². The maximum Gasteiger partial charge on any atom is 0.328 e. The maximum absolute atomic E-state index is 11.9. The van der Waals surface area contributed by atoms with Crippen LogP contribution in [0.3, 0.4) is 0 Å². The largest absolute Gasteiger partial charge is 0.338 e. The summed E-state index contributed by atoms with van der Waals surface area (Å²) in [5, 5.41) is 4.39. The van der Waals surface area contributed by atoms with E-state index in [-0.39, 0.29) is 5.69 Å². The summed E-state index contributed by atoms with van der Waals surface area (Å²) < 4.78 is 3.40. The van der Waals surface area contributed by atoms with Crippen molar-refractivity contribution in [3.63, 3.8) is 0 Å². The molecule has 2 N–H and O–H groups in total. The summed E-state index contributed by atoms with van der Waals surface area (Å²) in [6.07, 6.45) is 0. The summed E-state index contributed by atoms with van der Waals surface area (Å²) in [7, 11) is 3.64. The second-order valence-electron chi connectivity index (χ2n) is 5.00. The van der Waals surface area contributed by atoms with Crippen LogP contribution < -0.4 is 11.0 Å². The van der Waals surface area contributed by atoms with E-state index in [0.717, 1.165) is 24.1 Å². The Morgan fingerprint density at radius 1 is 1.10 bits per heavy atom. The number of hydrogen-bond donors (Lipinski definition) is 1. The average Bonchev–Trinajstić information content (AvgIpc) is 3.04. The van der Waals surface area contributed by atoms with Crippen LogP contribution in [0.5, 0.6) is 0 Å². The fourth-order valence-corrected chi connectivity index (χ4v) is 3.19. The van der Waals surface area contributed by atoms with E-state index in [1.54, 1.807) is 20.5 Å². The number of benzene rings is 1. The van der Waals surface area contributed by atoms with Crippen LogP contribution in [0.4, 0.5) is 0 Å². The monoisotopic (exact) mass is 288 g/mol. The van der Waals surface area contributed by atoms with Gasteiger partial charge in [-0.15, -0.1) is 11.3 Å². The topological polar surface area (TPSA) is 43.5 Å². The Morgan fingerprint density at radius 2 is 1.90 bits per heavy atom. The number of nitrogens with two attached hydrogens (primary N) is 1. The van der Waals surface area contributed by atoms with Crippen molar-refractivity contribution in [2.24, 2.45) is 14.1 Å². The fraction of sp³-hybridized carbons (Fsp3) is 0.267. The lowest BCUT2D eigenvalue weighted by Gasteiger charge is -2.02. The molecule has 0 unspecified atom stereocenters. The van der Waals surface area contributed by atoms with Crippen molar-refractivity contribution >= 4 is 22.4 Å². The molecule has 0 saturated carbocycles. The van der Waals surface area contributed by atoms with Gasteiger partial charge in [-0.05, 0) is 23.6 Å². The molecule has 0 bridgehead atoms. The predicted molar refractivity (Wildman–Crippen MR) is 81.8 cm³/mol. The third kappa shape index (κ3) is 2.30. The van der Waals surface area contributed by atoms with Gasteiger partial charge in [-0.3, -0.25) is 9.13 Å². The van der Waals surface area contributed by atoms with Crippen LogP contribution in [0.2, 0.25) is 0 Å². The molecule has 0 spiro atoms. The quantitative estimate of drug-likeness (QED) is 0.770. The van der Waals surface area contributed by atoms with E-state index in [1.165, 1.54) is 10.4 Å². The maximum atomic E-state index is 11.9. The smallest absolute Gasteiger partial charge is 0.328 e. The van der Waals surface area contributed by atoms with Crippen molar-refractivity contribution in [2.75, 3.05) is 0 Å². The van der Waals surface area contributed by atoms with Crippen LogP contribution in [0.15, 0.2) is 40.5 Å². The van der Waals surface area contributed by atoms with E-state index in [2.05, 4.69) is 35.0 Å². The first-order valence-corrected chi connectivity index (χ1v) is 7.53. The molecule has 0 amide bonds. The van der Waals surface area contributed by atoms with E-state index < -0.39 is 0 Å². The summed E-state index contributed by atoms with van der Waals surface area (Å²) in [4.78, 5) is 13.3. The number of nitrogens with zero attached hydrogens (tertiary/aromatic N) is 2. The molecule has 0 aliphatic heterocycles. The van der Waals surface area contributed by atoms with Gasteiger partial charge >= 0.3 is 5.69 Å². The molecule has 5 heteroatoms. The molecule has 1 aromatic carbocycles. The molecule has 4 nitrogen and oxygen atoms in total. The molecule has 0 atom stereocenters.